The lowest BCUT2D eigenvalue weighted by molar-refractivity contribution is 0.453. The average Bonchev–Trinajstić information content (AvgIpc) is 2.66. The first-order valence-corrected chi connectivity index (χ1v) is 5.90. The van der Waals surface area contributed by atoms with Gasteiger partial charge in [0, 0.05) is 18.4 Å². The third kappa shape index (κ3) is 5.57. The number of aromatic amines is 1. The number of aromatic nitrogens is 2. The Morgan fingerprint density at radius 2 is 2.13 bits per heavy atom. The fourth-order valence-electron chi connectivity index (χ4n) is 1.60. The largest absolute Gasteiger partial charge is 0.348 e. The van der Waals surface area contributed by atoms with Crippen LogP contribution in [0.25, 0.3) is 0 Å². The van der Waals surface area contributed by atoms with Gasteiger partial charge in [0.05, 0.1) is 6.54 Å². The van der Waals surface area contributed by atoms with Crippen molar-refractivity contribution in [1.29, 1.82) is 0 Å². The molecule has 0 spiro atoms. The number of hydrogen-bond acceptors (Lipinski definition) is 2. The van der Waals surface area contributed by atoms with Crippen molar-refractivity contribution >= 4 is 0 Å². The summed E-state index contributed by atoms with van der Waals surface area (Å²) >= 11 is 0. The van der Waals surface area contributed by atoms with Crippen LogP contribution in [-0.2, 0) is 6.54 Å². The maximum absolute atomic E-state index is 4.18. The van der Waals surface area contributed by atoms with Crippen molar-refractivity contribution in [2.45, 2.75) is 52.6 Å². The van der Waals surface area contributed by atoms with E-state index in [0.29, 0.717) is 6.04 Å². The molecule has 3 nitrogen and oxygen atoms in total. The zero-order valence-electron chi connectivity index (χ0n) is 10.1. The van der Waals surface area contributed by atoms with Crippen molar-refractivity contribution in [1.82, 2.24) is 15.3 Å². The fourth-order valence-corrected chi connectivity index (χ4v) is 1.60. The third-order valence-corrected chi connectivity index (χ3v) is 2.59. The molecule has 1 aromatic rings. The first kappa shape index (κ1) is 12.2. The summed E-state index contributed by atoms with van der Waals surface area (Å²) in [6, 6.07) is 0.578. The minimum atomic E-state index is 0.578. The molecule has 0 aliphatic rings. The topological polar surface area (TPSA) is 40.7 Å². The van der Waals surface area contributed by atoms with Crippen LogP contribution in [0.5, 0.6) is 0 Å². The molecule has 0 aliphatic carbocycles. The van der Waals surface area contributed by atoms with Crippen LogP contribution in [0.2, 0.25) is 0 Å². The molecule has 0 saturated carbocycles. The van der Waals surface area contributed by atoms with Gasteiger partial charge in [0.25, 0.3) is 0 Å². The van der Waals surface area contributed by atoms with E-state index in [1.165, 1.54) is 19.3 Å². The van der Waals surface area contributed by atoms with Crippen LogP contribution in [0.4, 0.5) is 0 Å². The summed E-state index contributed by atoms with van der Waals surface area (Å²) in [5, 5.41) is 3.46. The first-order valence-electron chi connectivity index (χ1n) is 5.90. The van der Waals surface area contributed by atoms with Gasteiger partial charge in [-0.1, -0.05) is 26.7 Å². The minimum Gasteiger partial charge on any atom is -0.348 e. The summed E-state index contributed by atoms with van der Waals surface area (Å²) in [6.07, 6.45) is 7.54. The van der Waals surface area contributed by atoms with Gasteiger partial charge >= 0.3 is 0 Å². The molecule has 3 heteroatoms. The highest BCUT2D eigenvalue weighted by atomic mass is 15.0. The molecule has 0 aromatic carbocycles. The maximum atomic E-state index is 4.18. The minimum absolute atomic E-state index is 0.578. The zero-order valence-corrected chi connectivity index (χ0v) is 10.1. The van der Waals surface area contributed by atoms with Crippen molar-refractivity contribution in [2.24, 2.45) is 5.92 Å². The van der Waals surface area contributed by atoms with Gasteiger partial charge in [-0.15, -0.1) is 0 Å². The Morgan fingerprint density at radius 3 is 2.73 bits per heavy atom. The molecule has 1 atom stereocenters. The fraction of sp³-hybridized carbons (Fsp3) is 0.750. The molecule has 0 radical (unpaired) electrons. The van der Waals surface area contributed by atoms with Crippen molar-refractivity contribution in [3.8, 4) is 0 Å². The Morgan fingerprint density at radius 1 is 1.33 bits per heavy atom. The second-order valence-electron chi connectivity index (χ2n) is 4.64. The highest BCUT2D eigenvalue weighted by Gasteiger charge is 2.03. The number of nitrogens with zero attached hydrogens (tertiary/aromatic N) is 1. The predicted octanol–water partition coefficient (Wildman–Crippen LogP) is 2.71. The first-order chi connectivity index (χ1) is 7.18. The number of hydrogen-bond donors (Lipinski definition) is 2. The quantitative estimate of drug-likeness (QED) is 0.725. The molecule has 1 rings (SSSR count). The standard InChI is InChI=1S/C12H23N3/c1-10(2)5-4-6-11(3)15-9-12-13-7-8-14-12/h7-8,10-11,15H,4-6,9H2,1-3H3,(H,13,14)/t11-/m1/s1. The van der Waals surface area contributed by atoms with Gasteiger partial charge in [0.1, 0.15) is 5.82 Å². The van der Waals surface area contributed by atoms with Crippen LogP contribution >= 0.6 is 0 Å². The zero-order chi connectivity index (χ0) is 11.1. The summed E-state index contributed by atoms with van der Waals surface area (Å²) in [4.78, 5) is 7.27. The molecular formula is C12H23N3. The Kier molecular flexibility index (Phi) is 5.40. The average molecular weight is 209 g/mol. The van der Waals surface area contributed by atoms with Crippen LogP contribution < -0.4 is 5.32 Å². The predicted molar refractivity (Wildman–Crippen MR) is 63.6 cm³/mol. The highest BCUT2D eigenvalue weighted by molar-refractivity contribution is 4.86. The number of H-pyrrole nitrogens is 1. The molecule has 1 aromatic heterocycles. The molecule has 15 heavy (non-hydrogen) atoms. The summed E-state index contributed by atoms with van der Waals surface area (Å²) in [7, 11) is 0. The molecule has 0 bridgehead atoms. The lowest BCUT2D eigenvalue weighted by atomic mass is 10.0. The second-order valence-corrected chi connectivity index (χ2v) is 4.64. The van der Waals surface area contributed by atoms with Crippen LogP contribution in [0.1, 0.15) is 45.9 Å². The van der Waals surface area contributed by atoms with E-state index in [0.717, 1.165) is 18.3 Å². The van der Waals surface area contributed by atoms with Gasteiger partial charge in [-0.05, 0) is 19.3 Å². The van der Waals surface area contributed by atoms with E-state index < -0.39 is 0 Å². The van der Waals surface area contributed by atoms with Crippen molar-refractivity contribution < 1.29 is 0 Å². The van der Waals surface area contributed by atoms with Crippen molar-refractivity contribution in [3.05, 3.63) is 18.2 Å². The van der Waals surface area contributed by atoms with Crippen LogP contribution in [0, 0.1) is 5.92 Å². The molecule has 0 aliphatic heterocycles. The van der Waals surface area contributed by atoms with E-state index >= 15 is 0 Å². The molecule has 86 valence electrons. The molecule has 1 heterocycles. The lowest BCUT2D eigenvalue weighted by Crippen LogP contribution is -2.25. The normalized spacial score (nSPS) is 13.3. The van der Waals surface area contributed by atoms with Crippen LogP contribution in [-0.4, -0.2) is 16.0 Å². The molecule has 0 saturated heterocycles. The van der Waals surface area contributed by atoms with E-state index in [-0.39, 0.29) is 0 Å². The van der Waals surface area contributed by atoms with Gasteiger partial charge in [-0.2, -0.15) is 0 Å². The highest BCUT2D eigenvalue weighted by Crippen LogP contribution is 2.08. The Balaban J connectivity index is 2.06. The maximum Gasteiger partial charge on any atom is 0.120 e. The summed E-state index contributed by atoms with van der Waals surface area (Å²) in [5.74, 6) is 1.84. The smallest absolute Gasteiger partial charge is 0.120 e. The van der Waals surface area contributed by atoms with E-state index in [2.05, 4.69) is 36.1 Å². The van der Waals surface area contributed by atoms with Crippen molar-refractivity contribution in [2.75, 3.05) is 0 Å². The monoisotopic (exact) mass is 209 g/mol. The van der Waals surface area contributed by atoms with Crippen LogP contribution in [0.3, 0.4) is 0 Å². The van der Waals surface area contributed by atoms with Crippen molar-refractivity contribution in [3.63, 3.8) is 0 Å². The SMILES string of the molecule is CC(C)CCC[C@@H](C)NCc1ncc[nH]1. The van der Waals surface area contributed by atoms with Gasteiger partial charge in [-0.25, -0.2) is 4.98 Å². The summed E-state index contributed by atoms with van der Waals surface area (Å²) < 4.78 is 0. The Bertz CT molecular complexity index is 241. The lowest BCUT2D eigenvalue weighted by Gasteiger charge is -2.13. The van der Waals surface area contributed by atoms with E-state index in [1.54, 1.807) is 6.20 Å². The molecule has 0 amide bonds. The summed E-state index contributed by atoms with van der Waals surface area (Å²) in [6.45, 7) is 7.64. The second kappa shape index (κ2) is 6.62. The van der Waals surface area contributed by atoms with E-state index in [1.807, 2.05) is 6.20 Å². The van der Waals surface area contributed by atoms with Gasteiger partial charge in [0.2, 0.25) is 0 Å². The van der Waals surface area contributed by atoms with Gasteiger partial charge in [-0.3, -0.25) is 0 Å². The van der Waals surface area contributed by atoms with Gasteiger partial charge in [0.15, 0.2) is 0 Å². The molecule has 0 fully saturated rings. The number of rotatable bonds is 7. The number of imidazole rings is 1. The van der Waals surface area contributed by atoms with E-state index in [9.17, 15) is 0 Å². The summed E-state index contributed by atoms with van der Waals surface area (Å²) in [5.41, 5.74) is 0. The van der Waals surface area contributed by atoms with E-state index in [4.69, 9.17) is 0 Å². The van der Waals surface area contributed by atoms with Crippen LogP contribution in [0.15, 0.2) is 12.4 Å². The van der Waals surface area contributed by atoms with Gasteiger partial charge < -0.3 is 10.3 Å². The Labute approximate surface area is 92.7 Å². The molecular weight excluding hydrogens is 186 g/mol. The third-order valence-electron chi connectivity index (χ3n) is 2.59. The molecule has 0 unspecified atom stereocenters. The number of nitrogens with one attached hydrogen (secondary N) is 2. The Hall–Kier alpha value is -0.830. The molecule has 2 N–H and O–H groups in total.